The standard InChI is InChI=1S/C22H36N2O2S2/c1-17(2)19(5,6)25-21(17)11-9-15(27)23(21)13-14-24-16(28)10-12-22(24)18(3,4)20(7,8)26-22/h9-14H2,1-8H3. The third kappa shape index (κ3) is 2.19. The van der Waals surface area contributed by atoms with Crippen molar-refractivity contribution in [3.8, 4) is 0 Å². The fourth-order valence-corrected chi connectivity index (χ4v) is 6.70. The lowest BCUT2D eigenvalue weighted by Gasteiger charge is -2.69. The van der Waals surface area contributed by atoms with Crippen LogP contribution in [0, 0.1) is 10.8 Å². The van der Waals surface area contributed by atoms with E-state index in [1.54, 1.807) is 0 Å². The Balaban J connectivity index is 1.55. The molecule has 0 radical (unpaired) electrons. The Kier molecular flexibility index (Phi) is 4.25. The minimum atomic E-state index is -0.280. The molecule has 28 heavy (non-hydrogen) atoms. The molecule has 4 saturated heterocycles. The highest BCUT2D eigenvalue weighted by Crippen LogP contribution is 2.64. The van der Waals surface area contributed by atoms with E-state index in [-0.39, 0.29) is 33.5 Å². The highest BCUT2D eigenvalue weighted by molar-refractivity contribution is 7.80. The molecule has 4 fully saturated rings. The van der Waals surface area contributed by atoms with Gasteiger partial charge in [0, 0.05) is 49.6 Å². The summed E-state index contributed by atoms with van der Waals surface area (Å²) < 4.78 is 13.1. The van der Waals surface area contributed by atoms with Crippen molar-refractivity contribution in [3.05, 3.63) is 0 Å². The van der Waals surface area contributed by atoms with Crippen molar-refractivity contribution in [2.45, 2.75) is 104 Å². The summed E-state index contributed by atoms with van der Waals surface area (Å²) in [7, 11) is 0. The maximum absolute atomic E-state index is 6.54. The quantitative estimate of drug-likeness (QED) is 0.598. The predicted octanol–water partition coefficient (Wildman–Crippen LogP) is 4.90. The minimum absolute atomic E-state index is 0.0397. The molecule has 0 aromatic carbocycles. The molecule has 158 valence electrons. The third-order valence-corrected chi connectivity index (χ3v) is 10.0. The molecule has 4 aliphatic rings. The number of likely N-dealkylation sites (tertiary alicyclic amines) is 2. The molecule has 4 aliphatic heterocycles. The van der Waals surface area contributed by atoms with Crippen molar-refractivity contribution in [1.82, 2.24) is 9.80 Å². The molecule has 2 atom stereocenters. The number of ether oxygens (including phenoxy) is 2. The molecule has 0 aromatic rings. The lowest BCUT2D eigenvalue weighted by Crippen LogP contribution is -2.78. The van der Waals surface area contributed by atoms with Gasteiger partial charge in [0.15, 0.2) is 11.4 Å². The van der Waals surface area contributed by atoms with Gasteiger partial charge >= 0.3 is 0 Å². The average molecular weight is 425 g/mol. The predicted molar refractivity (Wildman–Crippen MR) is 120 cm³/mol. The van der Waals surface area contributed by atoms with Gasteiger partial charge in [0.2, 0.25) is 0 Å². The molecule has 0 amide bonds. The highest BCUT2D eigenvalue weighted by Gasteiger charge is 2.72. The van der Waals surface area contributed by atoms with Crippen LogP contribution in [0.15, 0.2) is 0 Å². The first-order valence-electron chi connectivity index (χ1n) is 10.7. The fourth-order valence-electron chi connectivity index (χ4n) is 6.02. The molecule has 4 rings (SSSR count). The first kappa shape index (κ1) is 21.0. The smallest absolute Gasteiger partial charge is 0.150 e. The summed E-state index contributed by atoms with van der Waals surface area (Å²) in [5.74, 6) is 0. The van der Waals surface area contributed by atoms with Gasteiger partial charge in [-0.3, -0.25) is 0 Å². The maximum Gasteiger partial charge on any atom is 0.150 e. The fraction of sp³-hybridized carbons (Fsp3) is 0.909. The van der Waals surface area contributed by atoms with E-state index in [1.165, 1.54) is 0 Å². The molecule has 0 bridgehead atoms. The molecule has 0 aliphatic carbocycles. The Morgan fingerprint density at radius 2 is 1.00 bits per heavy atom. The van der Waals surface area contributed by atoms with Gasteiger partial charge in [-0.25, -0.2) is 0 Å². The van der Waals surface area contributed by atoms with Crippen molar-refractivity contribution in [3.63, 3.8) is 0 Å². The van der Waals surface area contributed by atoms with Gasteiger partial charge in [-0.15, -0.1) is 0 Å². The van der Waals surface area contributed by atoms with E-state index < -0.39 is 0 Å². The Morgan fingerprint density at radius 3 is 1.25 bits per heavy atom. The highest BCUT2D eigenvalue weighted by atomic mass is 32.1. The van der Waals surface area contributed by atoms with Crippen molar-refractivity contribution in [2.75, 3.05) is 13.1 Å². The number of thiocarbonyl (C=S) groups is 2. The van der Waals surface area contributed by atoms with Crippen LogP contribution in [0.25, 0.3) is 0 Å². The van der Waals surface area contributed by atoms with Crippen LogP contribution in [-0.2, 0) is 9.47 Å². The van der Waals surface area contributed by atoms with Crippen LogP contribution in [-0.4, -0.2) is 55.5 Å². The van der Waals surface area contributed by atoms with Crippen molar-refractivity contribution >= 4 is 34.4 Å². The second kappa shape index (κ2) is 5.68. The molecule has 2 unspecified atom stereocenters. The van der Waals surface area contributed by atoms with Crippen LogP contribution in [0.4, 0.5) is 0 Å². The number of nitrogens with zero attached hydrogens (tertiary/aromatic N) is 2. The summed E-state index contributed by atoms with van der Waals surface area (Å²) in [5, 5.41) is 0. The Hall–Kier alpha value is -0.300. The Bertz CT molecular complexity index is 683. The topological polar surface area (TPSA) is 24.9 Å². The van der Waals surface area contributed by atoms with Crippen molar-refractivity contribution < 1.29 is 9.47 Å². The van der Waals surface area contributed by atoms with Crippen LogP contribution in [0.3, 0.4) is 0 Å². The zero-order valence-electron chi connectivity index (χ0n) is 18.8. The average Bonchev–Trinajstić information content (AvgIpc) is 3.06. The lowest BCUT2D eigenvalue weighted by atomic mass is 9.61. The molecule has 6 heteroatoms. The van der Waals surface area contributed by atoms with E-state index in [4.69, 9.17) is 33.9 Å². The molecule has 4 heterocycles. The molecule has 2 spiro atoms. The summed E-state index contributed by atoms with van der Waals surface area (Å²) in [6.07, 6.45) is 3.82. The third-order valence-electron chi connectivity index (χ3n) is 9.19. The lowest BCUT2D eigenvalue weighted by molar-refractivity contribution is -0.399. The van der Waals surface area contributed by atoms with Gasteiger partial charge in [0.05, 0.1) is 21.2 Å². The largest absolute Gasteiger partial charge is 0.348 e. The Morgan fingerprint density at radius 1 is 0.679 bits per heavy atom. The number of hydrogen-bond donors (Lipinski definition) is 0. The van der Waals surface area contributed by atoms with Gasteiger partial charge in [0.25, 0.3) is 0 Å². The van der Waals surface area contributed by atoms with Crippen LogP contribution in [0.1, 0.15) is 81.1 Å². The van der Waals surface area contributed by atoms with E-state index in [0.29, 0.717) is 0 Å². The zero-order chi connectivity index (χ0) is 21.0. The van der Waals surface area contributed by atoms with Crippen LogP contribution in [0.2, 0.25) is 0 Å². The van der Waals surface area contributed by atoms with Crippen LogP contribution >= 0.6 is 24.4 Å². The van der Waals surface area contributed by atoms with E-state index in [1.807, 2.05) is 0 Å². The second-order valence-electron chi connectivity index (χ2n) is 11.1. The summed E-state index contributed by atoms with van der Waals surface area (Å²) in [6.45, 7) is 19.7. The van der Waals surface area contributed by atoms with Crippen molar-refractivity contribution in [1.29, 1.82) is 0 Å². The van der Waals surface area contributed by atoms with Gasteiger partial charge in [0.1, 0.15) is 0 Å². The normalized spacial score (nSPS) is 39.6. The first-order chi connectivity index (χ1) is 12.7. The Labute approximate surface area is 181 Å². The molecule has 0 N–H and O–H groups in total. The number of rotatable bonds is 3. The van der Waals surface area contributed by atoms with Crippen LogP contribution in [0.5, 0.6) is 0 Å². The number of hydrogen-bond acceptors (Lipinski definition) is 4. The van der Waals surface area contributed by atoms with E-state index in [9.17, 15) is 0 Å². The van der Waals surface area contributed by atoms with E-state index >= 15 is 0 Å². The summed E-state index contributed by atoms with van der Waals surface area (Å²) in [6, 6.07) is 0. The molecule has 0 aromatic heterocycles. The van der Waals surface area contributed by atoms with Gasteiger partial charge in [-0.1, -0.05) is 52.1 Å². The summed E-state index contributed by atoms with van der Waals surface area (Å²) in [4.78, 5) is 6.77. The second-order valence-corrected chi connectivity index (χ2v) is 12.1. The molecule has 4 nitrogen and oxygen atoms in total. The minimum Gasteiger partial charge on any atom is -0.348 e. The van der Waals surface area contributed by atoms with Crippen molar-refractivity contribution in [2.24, 2.45) is 10.8 Å². The van der Waals surface area contributed by atoms with Gasteiger partial charge in [-0.2, -0.15) is 0 Å². The summed E-state index contributed by atoms with van der Waals surface area (Å²) >= 11 is 11.6. The zero-order valence-corrected chi connectivity index (χ0v) is 20.4. The van der Waals surface area contributed by atoms with E-state index in [0.717, 1.165) is 48.7 Å². The van der Waals surface area contributed by atoms with Gasteiger partial charge < -0.3 is 19.3 Å². The first-order valence-corrected chi connectivity index (χ1v) is 11.5. The maximum atomic E-state index is 6.54. The summed E-state index contributed by atoms with van der Waals surface area (Å²) in [5.41, 5.74) is -0.762. The SMILES string of the molecule is CC1(C)OC2(CCC(=S)N2CCN2C(=S)CCC23OC(C)(C)C3(C)C)C1(C)C. The molecular formula is C22H36N2O2S2. The monoisotopic (exact) mass is 424 g/mol. The van der Waals surface area contributed by atoms with Crippen LogP contribution < -0.4 is 0 Å². The molecule has 0 saturated carbocycles. The van der Waals surface area contributed by atoms with E-state index in [2.05, 4.69) is 65.2 Å². The molecular weight excluding hydrogens is 388 g/mol. The van der Waals surface area contributed by atoms with Gasteiger partial charge in [-0.05, 0) is 27.7 Å².